The summed E-state index contributed by atoms with van der Waals surface area (Å²) in [4.78, 5) is 13.9. The summed E-state index contributed by atoms with van der Waals surface area (Å²) in [5.74, 6) is -0.0194. The number of carbonyl (C=O) groups excluding carboxylic acids is 1. The van der Waals surface area contributed by atoms with Crippen molar-refractivity contribution in [1.82, 2.24) is 4.90 Å². The number of hydrogen-bond acceptors (Lipinski definition) is 2. The van der Waals surface area contributed by atoms with Crippen molar-refractivity contribution in [3.8, 4) is 0 Å². The van der Waals surface area contributed by atoms with Crippen LogP contribution in [0.3, 0.4) is 0 Å². The van der Waals surface area contributed by atoms with Gasteiger partial charge in [-0.3, -0.25) is 4.79 Å². The second kappa shape index (κ2) is 6.20. The van der Waals surface area contributed by atoms with E-state index in [9.17, 15) is 4.79 Å². The molecule has 1 aromatic carbocycles. The average molecular weight is 333 g/mol. The molecule has 0 radical (unpaired) electrons. The molecule has 1 amide bonds. The molecule has 0 aliphatic rings. The molecule has 3 nitrogen and oxygen atoms in total. The van der Waals surface area contributed by atoms with Crippen molar-refractivity contribution in [3.63, 3.8) is 0 Å². The fourth-order valence-corrected chi connectivity index (χ4v) is 2.11. The fourth-order valence-electron chi connectivity index (χ4n) is 1.49. The van der Waals surface area contributed by atoms with E-state index in [2.05, 4.69) is 22.6 Å². The number of aliphatic hydroxyl groups excluding tert-OH is 1. The van der Waals surface area contributed by atoms with Crippen molar-refractivity contribution in [3.05, 3.63) is 33.4 Å². The molecule has 4 heteroatoms. The van der Waals surface area contributed by atoms with E-state index < -0.39 is 0 Å². The minimum absolute atomic E-state index is 0.00661. The van der Waals surface area contributed by atoms with Crippen LogP contribution in [0.1, 0.15) is 24.2 Å². The van der Waals surface area contributed by atoms with Crippen molar-refractivity contribution in [1.29, 1.82) is 0 Å². The van der Waals surface area contributed by atoms with Crippen LogP contribution >= 0.6 is 22.6 Å². The predicted octanol–water partition coefficient (Wildman–Crippen LogP) is 2.13. The van der Waals surface area contributed by atoms with E-state index in [-0.39, 0.29) is 18.6 Å². The van der Waals surface area contributed by atoms with Gasteiger partial charge in [-0.05, 0) is 48.6 Å². The Balaban J connectivity index is 2.95. The normalized spacial score (nSPS) is 10.6. The molecular weight excluding hydrogens is 317 g/mol. The predicted molar refractivity (Wildman–Crippen MR) is 72.4 cm³/mol. The number of carbonyl (C=O) groups is 1. The SMILES string of the molecule is CC(C)N(CCO)C(=O)c1ccccc1I. The zero-order valence-corrected chi connectivity index (χ0v) is 11.6. The number of benzene rings is 1. The van der Waals surface area contributed by atoms with Crippen molar-refractivity contribution in [2.24, 2.45) is 0 Å². The van der Waals surface area contributed by atoms with Crippen LogP contribution in [0.2, 0.25) is 0 Å². The first-order valence-corrected chi connectivity index (χ1v) is 6.32. The first kappa shape index (κ1) is 13.4. The van der Waals surface area contributed by atoms with Gasteiger partial charge < -0.3 is 10.0 Å². The standard InChI is InChI=1S/C12H16INO2/c1-9(2)14(7-8-15)12(16)10-5-3-4-6-11(10)13/h3-6,9,15H,7-8H2,1-2H3. The molecule has 1 N–H and O–H groups in total. The van der Waals surface area contributed by atoms with E-state index in [0.29, 0.717) is 12.1 Å². The van der Waals surface area contributed by atoms with Crippen molar-refractivity contribution in [2.75, 3.05) is 13.2 Å². The summed E-state index contributed by atoms with van der Waals surface area (Å²) in [6, 6.07) is 7.58. The van der Waals surface area contributed by atoms with Crippen LogP contribution in [0, 0.1) is 3.57 Å². The van der Waals surface area contributed by atoms with Crippen LogP contribution in [-0.4, -0.2) is 35.1 Å². The van der Waals surface area contributed by atoms with Gasteiger partial charge in [-0.25, -0.2) is 0 Å². The molecule has 0 aliphatic heterocycles. The number of rotatable bonds is 4. The third kappa shape index (κ3) is 3.18. The molecule has 0 spiro atoms. The smallest absolute Gasteiger partial charge is 0.255 e. The molecule has 1 aromatic rings. The summed E-state index contributed by atoms with van der Waals surface area (Å²) in [6.07, 6.45) is 0. The summed E-state index contributed by atoms with van der Waals surface area (Å²) in [6.45, 7) is 4.27. The molecule has 0 fully saturated rings. The van der Waals surface area contributed by atoms with E-state index >= 15 is 0 Å². The Morgan fingerprint density at radius 1 is 1.44 bits per heavy atom. The van der Waals surface area contributed by atoms with Gasteiger partial charge in [-0.1, -0.05) is 12.1 Å². The highest BCUT2D eigenvalue weighted by molar-refractivity contribution is 14.1. The molecule has 0 aliphatic carbocycles. The number of nitrogens with zero attached hydrogens (tertiary/aromatic N) is 1. The fraction of sp³-hybridized carbons (Fsp3) is 0.417. The third-order valence-electron chi connectivity index (χ3n) is 2.33. The lowest BCUT2D eigenvalue weighted by atomic mass is 10.1. The Bertz CT molecular complexity index is 366. The maximum absolute atomic E-state index is 12.2. The highest BCUT2D eigenvalue weighted by Gasteiger charge is 2.19. The lowest BCUT2D eigenvalue weighted by Crippen LogP contribution is -2.39. The number of hydrogen-bond donors (Lipinski definition) is 1. The van der Waals surface area contributed by atoms with Gasteiger partial charge in [-0.2, -0.15) is 0 Å². The van der Waals surface area contributed by atoms with Gasteiger partial charge in [0.15, 0.2) is 0 Å². The van der Waals surface area contributed by atoms with Crippen molar-refractivity contribution in [2.45, 2.75) is 19.9 Å². The topological polar surface area (TPSA) is 40.5 Å². The van der Waals surface area contributed by atoms with E-state index in [4.69, 9.17) is 5.11 Å². The summed E-state index contributed by atoms with van der Waals surface area (Å²) >= 11 is 2.15. The zero-order chi connectivity index (χ0) is 12.1. The molecule has 88 valence electrons. The molecule has 16 heavy (non-hydrogen) atoms. The maximum Gasteiger partial charge on any atom is 0.255 e. The van der Waals surface area contributed by atoms with Gasteiger partial charge in [0, 0.05) is 16.2 Å². The lowest BCUT2D eigenvalue weighted by molar-refractivity contribution is 0.0664. The molecule has 0 saturated heterocycles. The second-order valence-electron chi connectivity index (χ2n) is 3.80. The van der Waals surface area contributed by atoms with Gasteiger partial charge in [0.1, 0.15) is 0 Å². The molecule has 1 rings (SSSR count). The van der Waals surface area contributed by atoms with Gasteiger partial charge in [0.2, 0.25) is 0 Å². The third-order valence-corrected chi connectivity index (χ3v) is 3.27. The highest BCUT2D eigenvalue weighted by atomic mass is 127. The molecule has 0 saturated carbocycles. The van der Waals surface area contributed by atoms with Crippen LogP contribution in [0.4, 0.5) is 0 Å². The number of aliphatic hydroxyl groups is 1. The Hall–Kier alpha value is -0.620. The first-order chi connectivity index (χ1) is 7.57. The minimum atomic E-state index is -0.0194. The number of amides is 1. The summed E-state index contributed by atoms with van der Waals surface area (Å²) in [5, 5.41) is 8.95. The first-order valence-electron chi connectivity index (χ1n) is 5.24. The van der Waals surface area contributed by atoms with Gasteiger partial charge >= 0.3 is 0 Å². The van der Waals surface area contributed by atoms with Crippen LogP contribution in [0.25, 0.3) is 0 Å². The van der Waals surface area contributed by atoms with Crippen molar-refractivity contribution >= 4 is 28.5 Å². The molecular formula is C12H16INO2. The lowest BCUT2D eigenvalue weighted by Gasteiger charge is -2.26. The van der Waals surface area contributed by atoms with Crippen molar-refractivity contribution < 1.29 is 9.90 Å². The van der Waals surface area contributed by atoms with Crippen LogP contribution in [0.5, 0.6) is 0 Å². The number of halogens is 1. The molecule has 0 heterocycles. The Kier molecular flexibility index (Phi) is 5.21. The summed E-state index contributed by atoms with van der Waals surface area (Å²) in [7, 11) is 0. The van der Waals surface area contributed by atoms with Gasteiger partial charge in [0.25, 0.3) is 5.91 Å². The van der Waals surface area contributed by atoms with Gasteiger partial charge in [0.05, 0.1) is 12.2 Å². The Morgan fingerprint density at radius 3 is 2.56 bits per heavy atom. The zero-order valence-electron chi connectivity index (χ0n) is 9.48. The largest absolute Gasteiger partial charge is 0.395 e. The second-order valence-corrected chi connectivity index (χ2v) is 4.96. The van der Waals surface area contributed by atoms with Gasteiger partial charge in [-0.15, -0.1) is 0 Å². The monoisotopic (exact) mass is 333 g/mol. The molecule has 0 unspecified atom stereocenters. The van der Waals surface area contributed by atoms with E-state index in [1.807, 2.05) is 38.1 Å². The Labute approximate surface area is 110 Å². The molecule has 0 aromatic heterocycles. The Morgan fingerprint density at radius 2 is 2.06 bits per heavy atom. The van der Waals surface area contributed by atoms with E-state index in [0.717, 1.165) is 3.57 Å². The molecule has 0 atom stereocenters. The average Bonchev–Trinajstić information content (AvgIpc) is 2.25. The van der Waals surface area contributed by atoms with Crippen LogP contribution < -0.4 is 0 Å². The molecule has 0 bridgehead atoms. The minimum Gasteiger partial charge on any atom is -0.395 e. The maximum atomic E-state index is 12.2. The quantitative estimate of drug-likeness (QED) is 0.858. The van der Waals surface area contributed by atoms with Crippen LogP contribution in [0.15, 0.2) is 24.3 Å². The highest BCUT2D eigenvalue weighted by Crippen LogP contribution is 2.15. The summed E-state index contributed by atoms with van der Waals surface area (Å²) in [5.41, 5.74) is 0.699. The van der Waals surface area contributed by atoms with Crippen LogP contribution in [-0.2, 0) is 0 Å². The van der Waals surface area contributed by atoms with E-state index in [1.54, 1.807) is 4.90 Å². The summed E-state index contributed by atoms with van der Waals surface area (Å²) < 4.78 is 0.939. The van der Waals surface area contributed by atoms with E-state index in [1.165, 1.54) is 0 Å².